The highest BCUT2D eigenvalue weighted by Gasteiger charge is 2.43. The van der Waals surface area contributed by atoms with Gasteiger partial charge in [-0.1, -0.05) is 36.4 Å². The molecule has 0 spiro atoms. The molecular weight excluding hydrogens is 262 g/mol. The van der Waals surface area contributed by atoms with Crippen molar-refractivity contribution in [3.8, 4) is 0 Å². The summed E-state index contributed by atoms with van der Waals surface area (Å²) in [7, 11) is 0. The van der Waals surface area contributed by atoms with E-state index in [1.54, 1.807) is 12.4 Å². The fourth-order valence-electron chi connectivity index (χ4n) is 2.42. The molecule has 0 unspecified atom stereocenters. The molecule has 2 atom stereocenters. The van der Waals surface area contributed by atoms with Gasteiger partial charge in [-0.25, -0.2) is 5.43 Å². The van der Waals surface area contributed by atoms with Crippen molar-refractivity contribution in [3.63, 3.8) is 0 Å². The maximum Gasteiger partial charge on any atom is 0.243 e. The van der Waals surface area contributed by atoms with Gasteiger partial charge in [-0.3, -0.25) is 9.78 Å². The van der Waals surface area contributed by atoms with Gasteiger partial charge in [0.05, 0.1) is 5.71 Å². The highest BCUT2D eigenvalue weighted by atomic mass is 16.2. The van der Waals surface area contributed by atoms with Crippen LogP contribution in [0.2, 0.25) is 0 Å². The minimum absolute atomic E-state index is 0.00732. The van der Waals surface area contributed by atoms with E-state index < -0.39 is 0 Å². The van der Waals surface area contributed by atoms with E-state index in [9.17, 15) is 4.79 Å². The highest BCUT2D eigenvalue weighted by Crippen LogP contribution is 2.47. The van der Waals surface area contributed by atoms with Crippen LogP contribution in [0.15, 0.2) is 60.0 Å². The molecule has 1 aliphatic carbocycles. The van der Waals surface area contributed by atoms with Gasteiger partial charge < -0.3 is 0 Å². The first-order valence-electron chi connectivity index (χ1n) is 7.05. The molecule has 1 saturated carbocycles. The van der Waals surface area contributed by atoms with Gasteiger partial charge in [0.25, 0.3) is 0 Å². The lowest BCUT2D eigenvalue weighted by Crippen LogP contribution is -2.21. The zero-order chi connectivity index (χ0) is 14.7. The third-order valence-corrected chi connectivity index (χ3v) is 3.77. The number of benzene rings is 1. The molecular formula is C17H17N3O. The minimum Gasteiger partial charge on any atom is -0.273 e. The monoisotopic (exact) mass is 279 g/mol. The van der Waals surface area contributed by atoms with E-state index in [0.29, 0.717) is 5.92 Å². The summed E-state index contributed by atoms with van der Waals surface area (Å²) in [5.74, 6) is 0.366. The number of rotatable bonds is 4. The van der Waals surface area contributed by atoms with Crippen molar-refractivity contribution in [3.05, 3.63) is 66.0 Å². The number of pyridine rings is 1. The molecule has 0 saturated heterocycles. The summed E-state index contributed by atoms with van der Waals surface area (Å²) in [6.07, 6.45) is 4.34. The molecule has 21 heavy (non-hydrogen) atoms. The van der Waals surface area contributed by atoms with E-state index in [4.69, 9.17) is 0 Å². The number of hydrogen-bond acceptors (Lipinski definition) is 3. The zero-order valence-electron chi connectivity index (χ0n) is 11.9. The van der Waals surface area contributed by atoms with E-state index in [0.717, 1.165) is 17.7 Å². The van der Waals surface area contributed by atoms with Crippen molar-refractivity contribution in [2.45, 2.75) is 19.3 Å². The predicted molar refractivity (Wildman–Crippen MR) is 81.9 cm³/mol. The second kappa shape index (κ2) is 5.87. The molecule has 1 heterocycles. The van der Waals surface area contributed by atoms with Crippen LogP contribution < -0.4 is 5.43 Å². The van der Waals surface area contributed by atoms with Gasteiger partial charge in [0.2, 0.25) is 5.91 Å². The Kier molecular flexibility index (Phi) is 3.77. The predicted octanol–water partition coefficient (Wildman–Crippen LogP) is 2.73. The number of nitrogens with one attached hydrogen (secondary N) is 1. The van der Waals surface area contributed by atoms with Gasteiger partial charge in [-0.05, 0) is 30.9 Å². The smallest absolute Gasteiger partial charge is 0.243 e. The topological polar surface area (TPSA) is 54.4 Å². The van der Waals surface area contributed by atoms with Crippen LogP contribution in [0.25, 0.3) is 0 Å². The zero-order valence-corrected chi connectivity index (χ0v) is 11.9. The Bertz CT molecular complexity index is 652. The quantitative estimate of drug-likeness (QED) is 0.691. The molecule has 1 aromatic carbocycles. The van der Waals surface area contributed by atoms with Gasteiger partial charge in [0.15, 0.2) is 0 Å². The van der Waals surface area contributed by atoms with Gasteiger partial charge >= 0.3 is 0 Å². The number of nitrogens with zero attached hydrogens (tertiary/aromatic N) is 2. The van der Waals surface area contributed by atoms with E-state index in [2.05, 4.69) is 27.6 Å². The lowest BCUT2D eigenvalue weighted by atomic mass is 10.1. The number of carbonyl (C=O) groups excluding carboxylic acids is 1. The molecule has 0 bridgehead atoms. The standard InChI is InChI=1S/C17H17N3O/c1-12(14-8-5-9-18-11-14)19-20-17(21)16-10-15(16)13-6-3-2-4-7-13/h2-9,11,15-16H,10H2,1H3,(H,20,21)/b19-12-/t15-,16-/m1/s1. The molecule has 1 aliphatic rings. The summed E-state index contributed by atoms with van der Waals surface area (Å²) in [5, 5.41) is 4.16. The van der Waals surface area contributed by atoms with Crippen LogP contribution in [0.5, 0.6) is 0 Å². The summed E-state index contributed by atoms with van der Waals surface area (Å²) in [6, 6.07) is 13.9. The molecule has 1 fully saturated rings. The van der Waals surface area contributed by atoms with Crippen molar-refractivity contribution in [1.82, 2.24) is 10.4 Å². The second-order valence-corrected chi connectivity index (χ2v) is 5.27. The van der Waals surface area contributed by atoms with Crippen LogP contribution in [-0.4, -0.2) is 16.6 Å². The van der Waals surface area contributed by atoms with Crippen LogP contribution in [0, 0.1) is 5.92 Å². The van der Waals surface area contributed by atoms with Gasteiger partial charge in [0.1, 0.15) is 0 Å². The van der Waals surface area contributed by atoms with Crippen molar-refractivity contribution >= 4 is 11.6 Å². The van der Waals surface area contributed by atoms with Crippen molar-refractivity contribution in [1.29, 1.82) is 0 Å². The van der Waals surface area contributed by atoms with Gasteiger partial charge in [-0.2, -0.15) is 5.10 Å². The molecule has 0 radical (unpaired) electrons. The van der Waals surface area contributed by atoms with Crippen LogP contribution in [0.4, 0.5) is 0 Å². The summed E-state index contributed by atoms with van der Waals surface area (Å²) in [4.78, 5) is 16.1. The largest absolute Gasteiger partial charge is 0.273 e. The average molecular weight is 279 g/mol. The molecule has 2 aromatic rings. The third-order valence-electron chi connectivity index (χ3n) is 3.77. The fourth-order valence-corrected chi connectivity index (χ4v) is 2.42. The molecule has 0 aliphatic heterocycles. The second-order valence-electron chi connectivity index (χ2n) is 5.27. The number of carbonyl (C=O) groups is 1. The Morgan fingerprint density at radius 2 is 2.05 bits per heavy atom. The first-order valence-corrected chi connectivity index (χ1v) is 7.05. The summed E-state index contributed by atoms with van der Waals surface area (Å²) in [5.41, 5.74) is 5.56. The molecule has 3 rings (SSSR count). The Balaban J connectivity index is 1.59. The molecule has 1 amide bonds. The Morgan fingerprint density at radius 1 is 1.24 bits per heavy atom. The number of amides is 1. The van der Waals surface area contributed by atoms with Crippen molar-refractivity contribution < 1.29 is 4.79 Å². The van der Waals surface area contributed by atoms with Crippen LogP contribution >= 0.6 is 0 Å². The van der Waals surface area contributed by atoms with Crippen LogP contribution in [-0.2, 0) is 4.79 Å². The highest BCUT2D eigenvalue weighted by molar-refractivity contribution is 5.99. The van der Waals surface area contributed by atoms with Crippen LogP contribution in [0.3, 0.4) is 0 Å². The third kappa shape index (κ3) is 3.16. The summed E-state index contributed by atoms with van der Waals surface area (Å²) in [6.45, 7) is 1.86. The summed E-state index contributed by atoms with van der Waals surface area (Å²) < 4.78 is 0. The summed E-state index contributed by atoms with van der Waals surface area (Å²) >= 11 is 0. The maximum atomic E-state index is 12.1. The minimum atomic E-state index is -0.00732. The van der Waals surface area contributed by atoms with Gasteiger partial charge in [-0.15, -0.1) is 0 Å². The number of hydrogen-bond donors (Lipinski definition) is 1. The molecule has 4 heteroatoms. The Morgan fingerprint density at radius 3 is 2.76 bits per heavy atom. The van der Waals surface area contributed by atoms with E-state index in [-0.39, 0.29) is 11.8 Å². The van der Waals surface area contributed by atoms with Gasteiger partial charge in [0, 0.05) is 23.9 Å². The average Bonchev–Trinajstić information content (AvgIpc) is 3.35. The first kappa shape index (κ1) is 13.5. The van der Waals surface area contributed by atoms with E-state index in [1.165, 1.54) is 5.56 Å². The van der Waals surface area contributed by atoms with Crippen molar-refractivity contribution in [2.24, 2.45) is 11.0 Å². The molecule has 106 valence electrons. The molecule has 1 aromatic heterocycles. The number of aromatic nitrogens is 1. The number of hydrazone groups is 1. The van der Waals surface area contributed by atoms with Crippen molar-refractivity contribution in [2.75, 3.05) is 0 Å². The van der Waals surface area contributed by atoms with E-state index in [1.807, 2.05) is 37.3 Å². The Hall–Kier alpha value is -2.49. The lowest BCUT2D eigenvalue weighted by Gasteiger charge is -2.02. The SMILES string of the molecule is C/C(=N/NC(=O)[C@@H]1C[C@@H]1c1ccccc1)c1cccnc1. The van der Waals surface area contributed by atoms with Crippen LogP contribution in [0.1, 0.15) is 30.4 Å². The molecule has 4 nitrogen and oxygen atoms in total. The first-order chi connectivity index (χ1) is 10.3. The molecule has 1 N–H and O–H groups in total. The lowest BCUT2D eigenvalue weighted by molar-refractivity contribution is -0.122. The Labute approximate surface area is 123 Å². The normalized spacial score (nSPS) is 20.9. The maximum absolute atomic E-state index is 12.1. The van der Waals surface area contributed by atoms with E-state index >= 15 is 0 Å². The fraction of sp³-hybridized carbons (Fsp3) is 0.235.